The van der Waals surface area contributed by atoms with Gasteiger partial charge in [0.05, 0.1) is 23.6 Å². The second-order valence-electron chi connectivity index (χ2n) is 5.99. The molecule has 0 spiro atoms. The molecule has 0 aliphatic heterocycles. The van der Waals surface area contributed by atoms with Crippen LogP contribution in [0.4, 0.5) is 5.69 Å². The standard InChI is InChI=1S/C20H22N2O4/c1-3-21(4-2)14-17-13-16(10-12-20(17)24)19(23)11-9-15-7-5-6-8-18(15)22(25)26/h5-13,24H,3-4,14H2,1-2H3/p+1/b11-9+. The zero-order chi connectivity index (χ0) is 19.1. The Morgan fingerprint density at radius 1 is 1.19 bits per heavy atom. The summed E-state index contributed by atoms with van der Waals surface area (Å²) >= 11 is 0. The molecule has 0 heterocycles. The minimum atomic E-state index is -0.477. The van der Waals surface area contributed by atoms with E-state index in [1.807, 2.05) is 0 Å². The first-order valence-electron chi connectivity index (χ1n) is 8.57. The molecular weight excluding hydrogens is 332 g/mol. The molecule has 0 bridgehead atoms. The summed E-state index contributed by atoms with van der Waals surface area (Å²) in [7, 11) is 0. The molecule has 0 atom stereocenters. The van der Waals surface area contributed by atoms with Gasteiger partial charge in [0.15, 0.2) is 5.78 Å². The lowest BCUT2D eigenvalue weighted by molar-refractivity contribution is -0.910. The molecule has 2 aromatic carbocycles. The molecule has 0 saturated carbocycles. The maximum absolute atomic E-state index is 12.4. The number of allylic oxidation sites excluding steroid dienone is 1. The van der Waals surface area contributed by atoms with Crippen LogP contribution in [0.2, 0.25) is 0 Å². The molecule has 2 aromatic rings. The molecule has 0 radical (unpaired) electrons. The summed E-state index contributed by atoms with van der Waals surface area (Å²) in [6.45, 7) is 6.62. The van der Waals surface area contributed by atoms with Crippen LogP contribution in [0.25, 0.3) is 6.08 Å². The van der Waals surface area contributed by atoms with Crippen LogP contribution in [0.3, 0.4) is 0 Å². The number of hydrogen-bond acceptors (Lipinski definition) is 4. The quantitative estimate of drug-likeness (QED) is 0.330. The summed E-state index contributed by atoms with van der Waals surface area (Å²) in [4.78, 5) is 24.3. The molecule has 6 nitrogen and oxygen atoms in total. The number of ketones is 1. The van der Waals surface area contributed by atoms with Gasteiger partial charge in [-0.1, -0.05) is 12.1 Å². The van der Waals surface area contributed by atoms with Crippen LogP contribution in [0.15, 0.2) is 48.5 Å². The van der Waals surface area contributed by atoms with E-state index in [9.17, 15) is 20.0 Å². The number of benzene rings is 2. The van der Waals surface area contributed by atoms with E-state index in [1.54, 1.807) is 30.3 Å². The van der Waals surface area contributed by atoms with Crippen LogP contribution in [0, 0.1) is 10.1 Å². The Hall–Kier alpha value is -2.99. The maximum atomic E-state index is 12.4. The Balaban J connectivity index is 2.24. The van der Waals surface area contributed by atoms with Crippen molar-refractivity contribution in [2.45, 2.75) is 20.4 Å². The van der Waals surface area contributed by atoms with E-state index in [4.69, 9.17) is 0 Å². The SMILES string of the molecule is CC[NH+](CC)Cc1cc(C(=O)/C=C/c2ccccc2[N+](=O)[O-])ccc1O. The molecular formula is C20H23N2O4+. The molecule has 0 saturated heterocycles. The smallest absolute Gasteiger partial charge is 0.276 e. The number of rotatable bonds is 8. The van der Waals surface area contributed by atoms with Crippen molar-refractivity contribution in [3.63, 3.8) is 0 Å². The molecule has 0 amide bonds. The van der Waals surface area contributed by atoms with Crippen molar-refractivity contribution >= 4 is 17.5 Å². The second kappa shape index (κ2) is 8.92. The Morgan fingerprint density at radius 2 is 1.88 bits per heavy atom. The lowest BCUT2D eigenvalue weighted by Gasteiger charge is -2.16. The molecule has 2 rings (SSSR count). The predicted molar refractivity (Wildman–Crippen MR) is 100 cm³/mol. The van der Waals surface area contributed by atoms with Crippen LogP contribution in [-0.4, -0.2) is 28.9 Å². The molecule has 6 heteroatoms. The van der Waals surface area contributed by atoms with Crippen LogP contribution in [0.1, 0.15) is 35.3 Å². The van der Waals surface area contributed by atoms with E-state index < -0.39 is 4.92 Å². The Morgan fingerprint density at radius 3 is 2.54 bits per heavy atom. The lowest BCUT2D eigenvalue weighted by atomic mass is 10.0. The van der Waals surface area contributed by atoms with Crippen LogP contribution in [0.5, 0.6) is 5.75 Å². The number of aromatic hydroxyl groups is 1. The number of nitro benzene ring substituents is 1. The zero-order valence-corrected chi connectivity index (χ0v) is 14.9. The molecule has 136 valence electrons. The van der Waals surface area contributed by atoms with Gasteiger partial charge < -0.3 is 10.0 Å². The highest BCUT2D eigenvalue weighted by atomic mass is 16.6. The fourth-order valence-electron chi connectivity index (χ4n) is 2.71. The highest BCUT2D eigenvalue weighted by Crippen LogP contribution is 2.21. The van der Waals surface area contributed by atoms with Crippen LogP contribution < -0.4 is 4.90 Å². The number of nitro groups is 1. The number of hydrogen-bond donors (Lipinski definition) is 2. The fraction of sp³-hybridized carbons (Fsp3) is 0.250. The molecule has 0 aromatic heterocycles. The Bertz CT molecular complexity index is 826. The van der Waals surface area contributed by atoms with Crippen LogP contribution >= 0.6 is 0 Å². The molecule has 0 fully saturated rings. The average Bonchev–Trinajstić information content (AvgIpc) is 2.65. The second-order valence-corrected chi connectivity index (χ2v) is 5.99. The highest BCUT2D eigenvalue weighted by molar-refractivity contribution is 6.07. The molecule has 0 unspecified atom stereocenters. The number of carbonyl (C=O) groups excluding carboxylic acids is 1. The van der Waals surface area contributed by atoms with E-state index in [0.717, 1.165) is 13.1 Å². The average molecular weight is 355 g/mol. The summed E-state index contributed by atoms with van der Waals surface area (Å²) in [6.07, 6.45) is 2.77. The number of para-hydroxylation sites is 1. The van der Waals surface area contributed by atoms with Crippen molar-refractivity contribution < 1.29 is 19.7 Å². The van der Waals surface area contributed by atoms with E-state index in [0.29, 0.717) is 23.2 Å². The summed E-state index contributed by atoms with van der Waals surface area (Å²) in [5.74, 6) is -0.0948. The summed E-state index contributed by atoms with van der Waals surface area (Å²) in [5.41, 5.74) is 1.48. The summed E-state index contributed by atoms with van der Waals surface area (Å²) in [6, 6.07) is 11.0. The Kier molecular flexibility index (Phi) is 6.63. The third kappa shape index (κ3) is 4.77. The predicted octanol–water partition coefficient (Wildman–Crippen LogP) is 2.62. The number of phenolic OH excluding ortho intramolecular Hbond substituents is 1. The van der Waals surface area contributed by atoms with Crippen molar-refractivity contribution in [3.8, 4) is 5.75 Å². The third-order valence-corrected chi connectivity index (χ3v) is 4.35. The summed E-state index contributed by atoms with van der Waals surface area (Å²) < 4.78 is 0. The van der Waals surface area contributed by atoms with Gasteiger partial charge in [-0.2, -0.15) is 0 Å². The van der Waals surface area contributed by atoms with Gasteiger partial charge in [-0.15, -0.1) is 0 Å². The number of nitrogens with zero attached hydrogens (tertiary/aromatic N) is 1. The van der Waals surface area contributed by atoms with Crippen LogP contribution in [-0.2, 0) is 6.54 Å². The Labute approximate surface area is 152 Å². The summed E-state index contributed by atoms with van der Waals surface area (Å²) in [5, 5.41) is 21.1. The molecule has 0 aliphatic rings. The number of phenols is 1. The third-order valence-electron chi connectivity index (χ3n) is 4.35. The van der Waals surface area contributed by atoms with E-state index in [-0.39, 0.29) is 17.2 Å². The molecule has 26 heavy (non-hydrogen) atoms. The van der Waals surface area contributed by atoms with Gasteiger partial charge >= 0.3 is 0 Å². The van der Waals surface area contributed by atoms with E-state index >= 15 is 0 Å². The first-order valence-corrected chi connectivity index (χ1v) is 8.57. The zero-order valence-electron chi connectivity index (χ0n) is 14.9. The van der Waals surface area contributed by atoms with Gasteiger partial charge in [0, 0.05) is 17.2 Å². The van der Waals surface area contributed by atoms with Crippen molar-refractivity contribution in [2.75, 3.05) is 13.1 Å². The monoisotopic (exact) mass is 355 g/mol. The largest absolute Gasteiger partial charge is 0.507 e. The minimum absolute atomic E-state index is 0.0481. The number of nitrogens with one attached hydrogen (secondary N) is 1. The van der Waals surface area contributed by atoms with Gasteiger partial charge in [0.2, 0.25) is 0 Å². The maximum Gasteiger partial charge on any atom is 0.276 e. The molecule has 0 aliphatic carbocycles. The minimum Gasteiger partial charge on any atom is -0.507 e. The highest BCUT2D eigenvalue weighted by Gasteiger charge is 2.13. The van der Waals surface area contributed by atoms with Crippen molar-refractivity contribution in [1.82, 2.24) is 0 Å². The van der Waals surface area contributed by atoms with Gasteiger partial charge in [-0.3, -0.25) is 14.9 Å². The van der Waals surface area contributed by atoms with Crippen molar-refractivity contribution in [3.05, 3.63) is 75.3 Å². The normalized spacial score (nSPS) is 11.2. The number of carbonyl (C=O) groups is 1. The molecule has 2 N–H and O–H groups in total. The van der Waals surface area contributed by atoms with Gasteiger partial charge in [0.25, 0.3) is 5.69 Å². The van der Waals surface area contributed by atoms with E-state index in [2.05, 4.69) is 13.8 Å². The van der Waals surface area contributed by atoms with Gasteiger partial charge in [-0.05, 0) is 50.3 Å². The van der Waals surface area contributed by atoms with Crippen molar-refractivity contribution in [1.29, 1.82) is 0 Å². The van der Waals surface area contributed by atoms with E-state index in [1.165, 1.54) is 29.2 Å². The lowest BCUT2D eigenvalue weighted by Crippen LogP contribution is -3.10. The topological polar surface area (TPSA) is 84.9 Å². The van der Waals surface area contributed by atoms with Crippen molar-refractivity contribution in [2.24, 2.45) is 0 Å². The number of quaternary nitrogens is 1. The van der Waals surface area contributed by atoms with Gasteiger partial charge in [-0.25, -0.2) is 0 Å². The first kappa shape index (κ1) is 19.3. The fourth-order valence-corrected chi connectivity index (χ4v) is 2.71. The van der Waals surface area contributed by atoms with Gasteiger partial charge in [0.1, 0.15) is 12.3 Å². The first-order chi connectivity index (χ1) is 12.5.